The van der Waals surface area contributed by atoms with Gasteiger partial charge in [-0.15, -0.1) is 0 Å². The summed E-state index contributed by atoms with van der Waals surface area (Å²) in [5, 5.41) is 6.05. The molecular formula is C24H24FN3O2. The highest BCUT2D eigenvalue weighted by Crippen LogP contribution is 2.22. The minimum Gasteiger partial charge on any atom is -0.345 e. The van der Waals surface area contributed by atoms with Crippen LogP contribution in [0.4, 0.5) is 10.1 Å². The fourth-order valence-electron chi connectivity index (χ4n) is 3.12. The van der Waals surface area contributed by atoms with Crippen LogP contribution in [-0.2, 0) is 4.79 Å². The first-order valence-electron chi connectivity index (χ1n) is 9.59. The van der Waals surface area contributed by atoms with Gasteiger partial charge in [0.15, 0.2) is 0 Å². The molecule has 0 aliphatic rings. The van der Waals surface area contributed by atoms with Crippen LogP contribution in [0, 0.1) is 5.82 Å². The van der Waals surface area contributed by atoms with Crippen molar-refractivity contribution < 1.29 is 14.0 Å². The summed E-state index contributed by atoms with van der Waals surface area (Å²) in [4.78, 5) is 26.1. The molecule has 0 bridgehead atoms. The van der Waals surface area contributed by atoms with Gasteiger partial charge < -0.3 is 10.2 Å². The quantitative estimate of drug-likeness (QED) is 0.628. The number of nitrogens with one attached hydrogen (secondary N) is 2. The monoisotopic (exact) mass is 405 g/mol. The Morgan fingerprint density at radius 3 is 2.23 bits per heavy atom. The standard InChI is InChI=1S/C24H24FN3O2/c1-28(2)24(30)19-9-6-10-21(15-19)27-22(29)16-26-23(17-7-4-3-5-8-17)18-11-13-20(25)14-12-18/h3-15,23,26H,16H2,1-2H3,(H,27,29). The molecule has 3 aromatic carbocycles. The molecule has 0 saturated carbocycles. The van der Waals surface area contributed by atoms with Crippen LogP contribution in [0.2, 0.25) is 0 Å². The molecule has 154 valence electrons. The number of hydrogen-bond donors (Lipinski definition) is 2. The molecule has 0 aromatic heterocycles. The Hall–Kier alpha value is -3.51. The molecule has 0 saturated heterocycles. The van der Waals surface area contributed by atoms with Crippen molar-refractivity contribution in [2.24, 2.45) is 0 Å². The predicted octanol–water partition coefficient (Wildman–Crippen LogP) is 3.85. The fraction of sp³-hybridized carbons (Fsp3) is 0.167. The van der Waals surface area contributed by atoms with Gasteiger partial charge in [-0.25, -0.2) is 4.39 Å². The van der Waals surface area contributed by atoms with Crippen LogP contribution in [0.15, 0.2) is 78.9 Å². The summed E-state index contributed by atoms with van der Waals surface area (Å²) in [5.41, 5.74) is 2.87. The van der Waals surface area contributed by atoms with Gasteiger partial charge in [0.2, 0.25) is 5.91 Å². The van der Waals surface area contributed by atoms with Gasteiger partial charge in [-0.3, -0.25) is 14.9 Å². The maximum absolute atomic E-state index is 13.3. The first-order chi connectivity index (χ1) is 14.4. The molecule has 0 radical (unpaired) electrons. The van der Waals surface area contributed by atoms with Gasteiger partial charge in [-0.05, 0) is 41.5 Å². The fourth-order valence-corrected chi connectivity index (χ4v) is 3.12. The number of halogens is 1. The summed E-state index contributed by atoms with van der Waals surface area (Å²) in [6, 6.07) is 22.4. The molecule has 6 heteroatoms. The lowest BCUT2D eigenvalue weighted by atomic mass is 9.98. The Labute approximate surface area is 175 Å². The molecule has 0 aliphatic carbocycles. The minimum absolute atomic E-state index is 0.0444. The Bertz CT molecular complexity index is 1000. The van der Waals surface area contributed by atoms with Gasteiger partial charge in [0.25, 0.3) is 5.91 Å². The molecular weight excluding hydrogens is 381 g/mol. The van der Waals surface area contributed by atoms with Crippen LogP contribution >= 0.6 is 0 Å². The molecule has 30 heavy (non-hydrogen) atoms. The van der Waals surface area contributed by atoms with Crippen LogP contribution in [0.1, 0.15) is 27.5 Å². The number of hydrogen-bond acceptors (Lipinski definition) is 3. The normalized spacial score (nSPS) is 11.6. The zero-order chi connectivity index (χ0) is 21.5. The van der Waals surface area contributed by atoms with E-state index in [2.05, 4.69) is 10.6 Å². The van der Waals surface area contributed by atoms with Gasteiger partial charge in [0.1, 0.15) is 5.82 Å². The van der Waals surface area contributed by atoms with Crippen molar-refractivity contribution in [1.82, 2.24) is 10.2 Å². The Morgan fingerprint density at radius 2 is 1.57 bits per heavy atom. The van der Waals surface area contributed by atoms with Crippen molar-refractivity contribution in [3.05, 3.63) is 101 Å². The lowest BCUT2D eigenvalue weighted by molar-refractivity contribution is -0.115. The summed E-state index contributed by atoms with van der Waals surface area (Å²) < 4.78 is 13.3. The number of nitrogens with zero attached hydrogens (tertiary/aromatic N) is 1. The topological polar surface area (TPSA) is 61.4 Å². The second-order valence-corrected chi connectivity index (χ2v) is 7.10. The SMILES string of the molecule is CN(C)C(=O)c1cccc(NC(=O)CNC(c2ccccc2)c2ccc(F)cc2)c1. The van der Waals surface area contributed by atoms with Crippen LogP contribution in [0.25, 0.3) is 0 Å². The van der Waals surface area contributed by atoms with Crippen LogP contribution in [-0.4, -0.2) is 37.4 Å². The Morgan fingerprint density at radius 1 is 0.900 bits per heavy atom. The smallest absolute Gasteiger partial charge is 0.253 e. The maximum Gasteiger partial charge on any atom is 0.253 e. The van der Waals surface area contributed by atoms with E-state index >= 15 is 0 Å². The predicted molar refractivity (Wildman–Crippen MR) is 116 cm³/mol. The molecule has 3 rings (SSSR count). The molecule has 2 N–H and O–H groups in total. The molecule has 5 nitrogen and oxygen atoms in total. The molecule has 0 fully saturated rings. The van der Waals surface area contributed by atoms with Gasteiger partial charge in [0.05, 0.1) is 12.6 Å². The first kappa shape index (κ1) is 21.2. The Balaban J connectivity index is 1.70. The van der Waals surface area contributed by atoms with Crippen molar-refractivity contribution in [1.29, 1.82) is 0 Å². The summed E-state index contributed by atoms with van der Waals surface area (Å²) in [6.45, 7) is 0.0444. The second-order valence-electron chi connectivity index (χ2n) is 7.10. The third-order valence-electron chi connectivity index (χ3n) is 4.60. The van der Waals surface area contributed by atoms with E-state index in [0.717, 1.165) is 11.1 Å². The lowest BCUT2D eigenvalue weighted by Gasteiger charge is -2.20. The van der Waals surface area contributed by atoms with E-state index in [-0.39, 0.29) is 30.2 Å². The zero-order valence-corrected chi connectivity index (χ0v) is 16.9. The van der Waals surface area contributed by atoms with Crippen molar-refractivity contribution in [2.45, 2.75) is 6.04 Å². The van der Waals surface area contributed by atoms with Crippen LogP contribution < -0.4 is 10.6 Å². The number of anilines is 1. The average molecular weight is 405 g/mol. The van der Waals surface area contributed by atoms with E-state index in [1.807, 2.05) is 30.3 Å². The van der Waals surface area contributed by atoms with Crippen LogP contribution in [0.3, 0.4) is 0 Å². The molecule has 1 atom stereocenters. The van der Waals surface area contributed by atoms with Crippen LogP contribution in [0.5, 0.6) is 0 Å². The van der Waals surface area contributed by atoms with E-state index in [4.69, 9.17) is 0 Å². The number of rotatable bonds is 7. The summed E-state index contributed by atoms with van der Waals surface area (Å²) in [7, 11) is 3.35. The molecule has 0 aliphatic heterocycles. The molecule has 1 unspecified atom stereocenters. The molecule has 2 amide bonds. The van der Waals surface area contributed by atoms with Gasteiger partial charge >= 0.3 is 0 Å². The number of carbonyl (C=O) groups excluding carboxylic acids is 2. The van der Waals surface area contributed by atoms with Crippen molar-refractivity contribution in [3.8, 4) is 0 Å². The molecule has 0 heterocycles. The highest BCUT2D eigenvalue weighted by Gasteiger charge is 2.16. The van der Waals surface area contributed by atoms with E-state index < -0.39 is 0 Å². The van der Waals surface area contributed by atoms with Gasteiger partial charge in [0, 0.05) is 25.3 Å². The largest absolute Gasteiger partial charge is 0.345 e. The highest BCUT2D eigenvalue weighted by molar-refractivity contribution is 5.97. The minimum atomic E-state index is -0.310. The van der Waals surface area contributed by atoms with Crippen molar-refractivity contribution in [2.75, 3.05) is 26.0 Å². The zero-order valence-electron chi connectivity index (χ0n) is 16.9. The third kappa shape index (κ3) is 5.52. The van der Waals surface area contributed by atoms with Crippen molar-refractivity contribution >= 4 is 17.5 Å². The maximum atomic E-state index is 13.3. The summed E-state index contributed by atoms with van der Waals surface area (Å²) in [5.74, 6) is -0.687. The number of carbonyl (C=O) groups is 2. The molecule has 0 spiro atoms. The highest BCUT2D eigenvalue weighted by atomic mass is 19.1. The van der Waals surface area contributed by atoms with Gasteiger partial charge in [-0.2, -0.15) is 0 Å². The lowest BCUT2D eigenvalue weighted by Crippen LogP contribution is -2.32. The van der Waals surface area contributed by atoms with E-state index in [1.165, 1.54) is 17.0 Å². The van der Waals surface area contributed by atoms with Crippen molar-refractivity contribution in [3.63, 3.8) is 0 Å². The van der Waals surface area contributed by atoms with E-state index in [0.29, 0.717) is 11.3 Å². The number of amides is 2. The Kier molecular flexibility index (Phi) is 6.93. The average Bonchev–Trinajstić information content (AvgIpc) is 2.75. The first-order valence-corrected chi connectivity index (χ1v) is 9.59. The third-order valence-corrected chi connectivity index (χ3v) is 4.60. The van der Waals surface area contributed by atoms with Gasteiger partial charge in [-0.1, -0.05) is 48.5 Å². The number of benzene rings is 3. The van der Waals surface area contributed by atoms with E-state index in [1.54, 1.807) is 50.5 Å². The molecule has 3 aromatic rings. The van der Waals surface area contributed by atoms with E-state index in [9.17, 15) is 14.0 Å². The second kappa shape index (κ2) is 9.80. The summed E-state index contributed by atoms with van der Waals surface area (Å²) >= 11 is 0. The summed E-state index contributed by atoms with van der Waals surface area (Å²) in [6.07, 6.45) is 0.